The van der Waals surface area contributed by atoms with Crippen molar-refractivity contribution in [3.8, 4) is 0 Å². The summed E-state index contributed by atoms with van der Waals surface area (Å²) in [6.45, 7) is 0. The maximum atomic E-state index is 12.5. The summed E-state index contributed by atoms with van der Waals surface area (Å²) in [5.74, 6) is -1.58. The minimum Gasteiger partial charge on any atom is -0.366 e. The van der Waals surface area contributed by atoms with Crippen molar-refractivity contribution in [3.05, 3.63) is 34.4 Å². The average molecular weight is 285 g/mol. The number of hydrogen-bond donors (Lipinski definition) is 1. The second kappa shape index (κ2) is 4.56. The highest BCUT2D eigenvalue weighted by molar-refractivity contribution is 5.96. The number of primary amides is 1. The fourth-order valence-corrected chi connectivity index (χ4v) is 1.40. The Balaban J connectivity index is 3.72. The molecule has 0 atom stereocenters. The summed E-state index contributed by atoms with van der Waals surface area (Å²) in [6, 6.07) is -0.120. The van der Waals surface area contributed by atoms with E-state index in [0.717, 1.165) is 0 Å². The zero-order valence-electron chi connectivity index (χ0n) is 8.89. The van der Waals surface area contributed by atoms with Crippen LogP contribution in [0.4, 0.5) is 26.3 Å². The Bertz CT molecular complexity index is 532. The van der Waals surface area contributed by atoms with E-state index >= 15 is 0 Å². The van der Waals surface area contributed by atoms with Crippen LogP contribution < -0.4 is 5.73 Å². The molecule has 0 radical (unpaired) electrons. The Hall–Kier alpha value is -2.06. The van der Waals surface area contributed by atoms with Crippen LogP contribution in [-0.2, 0) is 12.4 Å². The van der Waals surface area contributed by atoms with Crippen LogP contribution in [0.2, 0.25) is 0 Å². The minimum atomic E-state index is -5.20. The quantitative estimate of drug-likeness (QED) is 0.670. The molecular formula is C10H5F6NO2. The van der Waals surface area contributed by atoms with E-state index in [4.69, 9.17) is 0 Å². The SMILES string of the molecule is NC(=O)c1cc(C=O)c(C(F)(F)F)cc1C(F)(F)F. The van der Waals surface area contributed by atoms with Gasteiger partial charge < -0.3 is 5.73 Å². The molecule has 0 heterocycles. The van der Waals surface area contributed by atoms with Gasteiger partial charge in [-0.25, -0.2) is 0 Å². The molecule has 0 aromatic heterocycles. The molecule has 1 amide bonds. The number of carbonyl (C=O) groups is 2. The molecule has 104 valence electrons. The van der Waals surface area contributed by atoms with Crippen molar-refractivity contribution in [2.75, 3.05) is 0 Å². The summed E-state index contributed by atoms with van der Waals surface area (Å²) >= 11 is 0. The van der Waals surface area contributed by atoms with Gasteiger partial charge in [-0.05, 0) is 12.1 Å². The number of hydrogen-bond acceptors (Lipinski definition) is 2. The molecule has 0 spiro atoms. The van der Waals surface area contributed by atoms with E-state index < -0.39 is 40.5 Å². The molecule has 0 saturated heterocycles. The first kappa shape index (κ1) is 15.0. The number of halogens is 6. The van der Waals surface area contributed by atoms with E-state index in [0.29, 0.717) is 0 Å². The van der Waals surface area contributed by atoms with Crippen LogP contribution in [-0.4, -0.2) is 12.2 Å². The number of aldehydes is 1. The third kappa shape index (κ3) is 3.04. The van der Waals surface area contributed by atoms with Gasteiger partial charge in [0.25, 0.3) is 0 Å². The second-order valence-corrected chi connectivity index (χ2v) is 3.46. The van der Waals surface area contributed by atoms with Gasteiger partial charge in [0.05, 0.1) is 16.7 Å². The number of carbonyl (C=O) groups excluding carboxylic acids is 2. The van der Waals surface area contributed by atoms with Crippen molar-refractivity contribution in [2.45, 2.75) is 12.4 Å². The van der Waals surface area contributed by atoms with Gasteiger partial charge in [-0.15, -0.1) is 0 Å². The predicted octanol–water partition coefficient (Wildman–Crippen LogP) is 2.64. The summed E-state index contributed by atoms with van der Waals surface area (Å²) in [7, 11) is 0. The van der Waals surface area contributed by atoms with Crippen LogP contribution in [0.25, 0.3) is 0 Å². The zero-order chi connectivity index (χ0) is 15.0. The third-order valence-electron chi connectivity index (χ3n) is 2.19. The Kier molecular flexibility index (Phi) is 3.60. The van der Waals surface area contributed by atoms with Crippen LogP contribution in [0, 0.1) is 0 Å². The summed E-state index contributed by atoms with van der Waals surface area (Å²) in [5.41, 5.74) is -1.24. The maximum Gasteiger partial charge on any atom is 0.417 e. The summed E-state index contributed by atoms with van der Waals surface area (Å²) in [5, 5.41) is 0. The standard InChI is InChI=1S/C10H5F6NO2/c11-9(12,13)6-2-7(10(14,15)16)5(8(17)19)1-4(6)3-18/h1-3H,(H2,17,19). The molecule has 1 aromatic rings. The Morgan fingerprint density at radius 2 is 1.47 bits per heavy atom. The van der Waals surface area contributed by atoms with E-state index in [1.54, 1.807) is 0 Å². The molecular weight excluding hydrogens is 280 g/mol. The molecule has 0 fully saturated rings. The van der Waals surface area contributed by atoms with Crippen molar-refractivity contribution in [1.29, 1.82) is 0 Å². The average Bonchev–Trinajstić information content (AvgIpc) is 2.24. The van der Waals surface area contributed by atoms with Gasteiger partial charge in [0.1, 0.15) is 0 Å². The lowest BCUT2D eigenvalue weighted by molar-refractivity contribution is -0.143. The first-order valence-electron chi connectivity index (χ1n) is 4.56. The van der Waals surface area contributed by atoms with Crippen molar-refractivity contribution < 1.29 is 35.9 Å². The van der Waals surface area contributed by atoms with Gasteiger partial charge in [0, 0.05) is 5.56 Å². The normalized spacial score (nSPS) is 12.3. The lowest BCUT2D eigenvalue weighted by atomic mass is 9.97. The molecule has 0 bridgehead atoms. The van der Waals surface area contributed by atoms with Gasteiger partial charge in [-0.2, -0.15) is 26.3 Å². The number of benzene rings is 1. The smallest absolute Gasteiger partial charge is 0.366 e. The topological polar surface area (TPSA) is 60.2 Å². The molecule has 3 nitrogen and oxygen atoms in total. The van der Waals surface area contributed by atoms with E-state index in [1.807, 2.05) is 0 Å². The van der Waals surface area contributed by atoms with Crippen LogP contribution in [0.5, 0.6) is 0 Å². The number of alkyl halides is 6. The van der Waals surface area contributed by atoms with Crippen molar-refractivity contribution >= 4 is 12.2 Å². The van der Waals surface area contributed by atoms with Crippen molar-refractivity contribution in [2.24, 2.45) is 5.73 Å². The lowest BCUT2D eigenvalue weighted by Crippen LogP contribution is -2.22. The molecule has 19 heavy (non-hydrogen) atoms. The zero-order valence-corrected chi connectivity index (χ0v) is 8.89. The molecule has 0 saturated carbocycles. The first-order valence-corrected chi connectivity index (χ1v) is 4.56. The lowest BCUT2D eigenvalue weighted by Gasteiger charge is -2.16. The molecule has 1 aromatic carbocycles. The molecule has 0 aliphatic carbocycles. The van der Waals surface area contributed by atoms with Gasteiger partial charge in [0.15, 0.2) is 6.29 Å². The van der Waals surface area contributed by atoms with Crippen molar-refractivity contribution in [3.63, 3.8) is 0 Å². The van der Waals surface area contributed by atoms with Gasteiger partial charge in [-0.3, -0.25) is 9.59 Å². The van der Waals surface area contributed by atoms with E-state index in [-0.39, 0.29) is 18.4 Å². The van der Waals surface area contributed by atoms with E-state index in [9.17, 15) is 35.9 Å². The summed E-state index contributed by atoms with van der Waals surface area (Å²) in [4.78, 5) is 21.3. The summed E-state index contributed by atoms with van der Waals surface area (Å²) in [6.07, 6.45) is -10.7. The monoisotopic (exact) mass is 285 g/mol. The number of rotatable bonds is 2. The Morgan fingerprint density at radius 3 is 1.79 bits per heavy atom. The molecule has 9 heteroatoms. The van der Waals surface area contributed by atoms with Crippen LogP contribution >= 0.6 is 0 Å². The third-order valence-corrected chi connectivity index (χ3v) is 2.19. The molecule has 0 aliphatic rings. The second-order valence-electron chi connectivity index (χ2n) is 3.46. The fraction of sp³-hybridized carbons (Fsp3) is 0.200. The first-order chi connectivity index (χ1) is 8.48. The minimum absolute atomic E-state index is 0.182. The highest BCUT2D eigenvalue weighted by Crippen LogP contribution is 2.38. The number of amides is 1. The van der Waals surface area contributed by atoms with E-state index in [1.165, 1.54) is 0 Å². The predicted molar refractivity (Wildman–Crippen MR) is 50.4 cm³/mol. The highest BCUT2D eigenvalue weighted by Gasteiger charge is 2.40. The maximum absolute atomic E-state index is 12.5. The Labute approximate surface area is 102 Å². The van der Waals surface area contributed by atoms with Crippen LogP contribution in [0.1, 0.15) is 31.8 Å². The molecule has 1 rings (SSSR count). The van der Waals surface area contributed by atoms with Gasteiger partial charge >= 0.3 is 12.4 Å². The van der Waals surface area contributed by atoms with Crippen molar-refractivity contribution in [1.82, 2.24) is 0 Å². The Morgan fingerprint density at radius 1 is 1.00 bits per heavy atom. The van der Waals surface area contributed by atoms with E-state index in [2.05, 4.69) is 5.73 Å². The number of nitrogens with two attached hydrogens (primary N) is 1. The largest absolute Gasteiger partial charge is 0.417 e. The summed E-state index contributed by atoms with van der Waals surface area (Å²) < 4.78 is 75.1. The van der Waals surface area contributed by atoms with Crippen LogP contribution in [0.3, 0.4) is 0 Å². The van der Waals surface area contributed by atoms with Gasteiger partial charge in [0.2, 0.25) is 5.91 Å². The molecule has 0 unspecified atom stereocenters. The molecule has 0 aliphatic heterocycles. The highest BCUT2D eigenvalue weighted by atomic mass is 19.4. The molecule has 2 N–H and O–H groups in total. The van der Waals surface area contributed by atoms with Gasteiger partial charge in [-0.1, -0.05) is 0 Å². The fourth-order valence-electron chi connectivity index (χ4n) is 1.40. The van der Waals surface area contributed by atoms with Crippen LogP contribution in [0.15, 0.2) is 12.1 Å².